The van der Waals surface area contributed by atoms with Crippen LogP contribution in [0.1, 0.15) is 6.92 Å². The Morgan fingerprint density at radius 3 is 2.65 bits per heavy atom. The maximum atomic E-state index is 9.11. The van der Waals surface area contributed by atoms with Gasteiger partial charge in [0.2, 0.25) is 0 Å². The SMILES string of the molecule is CC(N)(CO)Cn1cnc2ccccc21.Cl.Cl. The Morgan fingerprint density at radius 1 is 1.35 bits per heavy atom. The van der Waals surface area contributed by atoms with Crippen LogP contribution in [0.25, 0.3) is 11.0 Å². The molecule has 0 fully saturated rings. The van der Waals surface area contributed by atoms with E-state index in [0.29, 0.717) is 6.54 Å². The third-order valence-corrected chi connectivity index (χ3v) is 2.42. The first-order chi connectivity index (χ1) is 7.12. The fourth-order valence-corrected chi connectivity index (χ4v) is 1.58. The molecule has 0 aliphatic carbocycles. The van der Waals surface area contributed by atoms with Crippen molar-refractivity contribution in [3.8, 4) is 0 Å². The summed E-state index contributed by atoms with van der Waals surface area (Å²) in [5.41, 5.74) is 7.29. The Kier molecular flexibility index (Phi) is 5.92. The van der Waals surface area contributed by atoms with Gasteiger partial charge in [-0.2, -0.15) is 0 Å². The Morgan fingerprint density at radius 2 is 2.00 bits per heavy atom. The second-order valence-electron chi connectivity index (χ2n) is 4.17. The third kappa shape index (κ3) is 3.57. The quantitative estimate of drug-likeness (QED) is 0.896. The molecule has 0 aliphatic heterocycles. The number of benzene rings is 1. The Balaban J connectivity index is 0.00000128. The van der Waals surface area contributed by atoms with Crippen LogP contribution in [0.4, 0.5) is 0 Å². The van der Waals surface area contributed by atoms with Crippen molar-refractivity contribution in [2.75, 3.05) is 6.61 Å². The van der Waals surface area contributed by atoms with E-state index in [1.807, 2.05) is 35.8 Å². The number of nitrogens with zero attached hydrogens (tertiary/aromatic N) is 2. The largest absolute Gasteiger partial charge is 0.394 e. The summed E-state index contributed by atoms with van der Waals surface area (Å²) in [4.78, 5) is 4.26. The second-order valence-corrected chi connectivity index (χ2v) is 4.17. The average molecular weight is 278 g/mol. The van der Waals surface area contributed by atoms with Crippen molar-refractivity contribution in [3.63, 3.8) is 0 Å². The van der Waals surface area contributed by atoms with Gasteiger partial charge in [0, 0.05) is 6.54 Å². The van der Waals surface area contributed by atoms with Crippen LogP contribution in [0.2, 0.25) is 0 Å². The molecule has 1 aromatic carbocycles. The molecule has 0 saturated carbocycles. The first-order valence-corrected chi connectivity index (χ1v) is 4.92. The molecule has 3 N–H and O–H groups in total. The molecule has 1 unspecified atom stereocenters. The van der Waals surface area contributed by atoms with Gasteiger partial charge in [-0.25, -0.2) is 4.98 Å². The highest BCUT2D eigenvalue weighted by Gasteiger charge is 2.18. The molecule has 0 radical (unpaired) electrons. The van der Waals surface area contributed by atoms with E-state index in [4.69, 9.17) is 10.8 Å². The lowest BCUT2D eigenvalue weighted by Gasteiger charge is -2.22. The molecule has 0 aliphatic rings. The van der Waals surface area contributed by atoms with E-state index < -0.39 is 5.54 Å². The lowest BCUT2D eigenvalue weighted by molar-refractivity contribution is 0.193. The van der Waals surface area contributed by atoms with E-state index in [9.17, 15) is 0 Å². The Labute approximate surface area is 113 Å². The second kappa shape index (κ2) is 6.21. The van der Waals surface area contributed by atoms with Crippen LogP contribution in [0.15, 0.2) is 30.6 Å². The topological polar surface area (TPSA) is 64.1 Å². The van der Waals surface area contributed by atoms with Crippen molar-refractivity contribution in [1.82, 2.24) is 9.55 Å². The monoisotopic (exact) mass is 277 g/mol. The van der Waals surface area contributed by atoms with Crippen molar-refractivity contribution < 1.29 is 5.11 Å². The molecule has 1 atom stereocenters. The minimum Gasteiger partial charge on any atom is -0.394 e. The maximum absolute atomic E-state index is 9.11. The highest BCUT2D eigenvalue weighted by atomic mass is 35.5. The number of para-hydroxylation sites is 2. The Bertz CT molecular complexity index is 470. The minimum atomic E-state index is -0.608. The smallest absolute Gasteiger partial charge is 0.0958 e. The summed E-state index contributed by atoms with van der Waals surface area (Å²) in [6.45, 7) is 2.34. The van der Waals surface area contributed by atoms with Gasteiger partial charge < -0.3 is 15.4 Å². The summed E-state index contributed by atoms with van der Waals surface area (Å²) in [7, 11) is 0. The van der Waals surface area contributed by atoms with E-state index in [2.05, 4.69) is 4.98 Å². The molecule has 17 heavy (non-hydrogen) atoms. The van der Waals surface area contributed by atoms with E-state index in [0.717, 1.165) is 11.0 Å². The Hall–Kier alpha value is -0.810. The zero-order valence-electron chi connectivity index (χ0n) is 9.54. The van der Waals surface area contributed by atoms with Gasteiger partial charge >= 0.3 is 0 Å². The van der Waals surface area contributed by atoms with Crippen LogP contribution in [-0.4, -0.2) is 26.8 Å². The third-order valence-electron chi connectivity index (χ3n) is 2.42. The average Bonchev–Trinajstić information content (AvgIpc) is 2.62. The van der Waals surface area contributed by atoms with E-state index in [1.54, 1.807) is 6.33 Å². The number of aromatic nitrogens is 2. The van der Waals surface area contributed by atoms with E-state index in [1.165, 1.54) is 0 Å². The molecule has 1 heterocycles. The first kappa shape index (κ1) is 16.2. The van der Waals surface area contributed by atoms with Gasteiger partial charge in [-0.05, 0) is 19.1 Å². The molecule has 0 saturated heterocycles. The number of aliphatic hydroxyl groups excluding tert-OH is 1. The zero-order chi connectivity index (χ0) is 10.9. The van der Waals surface area contributed by atoms with E-state index in [-0.39, 0.29) is 31.4 Å². The predicted molar refractivity (Wildman–Crippen MR) is 73.9 cm³/mol. The van der Waals surface area contributed by atoms with Crippen LogP contribution in [0, 0.1) is 0 Å². The molecule has 2 aromatic rings. The normalized spacial score (nSPS) is 13.6. The summed E-state index contributed by atoms with van der Waals surface area (Å²) in [5, 5.41) is 9.11. The molecule has 0 spiro atoms. The van der Waals surface area contributed by atoms with Crippen LogP contribution in [0.5, 0.6) is 0 Å². The number of fused-ring (bicyclic) bond motifs is 1. The van der Waals surface area contributed by atoms with Crippen LogP contribution in [-0.2, 0) is 6.54 Å². The number of halogens is 2. The van der Waals surface area contributed by atoms with Gasteiger partial charge in [-0.15, -0.1) is 24.8 Å². The van der Waals surface area contributed by atoms with Crippen molar-refractivity contribution in [3.05, 3.63) is 30.6 Å². The van der Waals surface area contributed by atoms with Crippen molar-refractivity contribution in [1.29, 1.82) is 0 Å². The molecule has 0 amide bonds. The van der Waals surface area contributed by atoms with Gasteiger partial charge in [0.1, 0.15) is 0 Å². The summed E-state index contributed by atoms with van der Waals surface area (Å²) in [6.07, 6.45) is 1.76. The van der Waals surface area contributed by atoms with Crippen LogP contribution < -0.4 is 5.73 Å². The predicted octanol–water partition coefficient (Wildman–Crippen LogP) is 1.59. The molecule has 2 rings (SSSR count). The number of imidazole rings is 1. The molecule has 6 heteroatoms. The maximum Gasteiger partial charge on any atom is 0.0958 e. The van der Waals surface area contributed by atoms with Gasteiger partial charge in [0.25, 0.3) is 0 Å². The highest BCUT2D eigenvalue weighted by Crippen LogP contribution is 2.14. The summed E-state index contributed by atoms with van der Waals surface area (Å²) >= 11 is 0. The molecule has 96 valence electrons. The number of hydrogen-bond acceptors (Lipinski definition) is 3. The van der Waals surface area contributed by atoms with Crippen molar-refractivity contribution in [2.45, 2.75) is 19.0 Å². The minimum absolute atomic E-state index is 0. The van der Waals surface area contributed by atoms with Crippen molar-refractivity contribution in [2.24, 2.45) is 5.73 Å². The van der Waals surface area contributed by atoms with Gasteiger partial charge in [-0.1, -0.05) is 12.1 Å². The summed E-state index contributed by atoms with van der Waals surface area (Å²) in [5.74, 6) is 0. The highest BCUT2D eigenvalue weighted by molar-refractivity contribution is 5.85. The molecular formula is C11H17Cl2N3O. The number of rotatable bonds is 3. The zero-order valence-corrected chi connectivity index (χ0v) is 11.2. The lowest BCUT2D eigenvalue weighted by Crippen LogP contribution is -2.44. The van der Waals surface area contributed by atoms with E-state index >= 15 is 0 Å². The number of hydrogen-bond donors (Lipinski definition) is 2. The summed E-state index contributed by atoms with van der Waals surface area (Å²) < 4.78 is 1.96. The van der Waals surface area contributed by atoms with Gasteiger partial charge in [0.15, 0.2) is 0 Å². The molecule has 0 bridgehead atoms. The fraction of sp³-hybridized carbons (Fsp3) is 0.364. The molecule has 4 nitrogen and oxygen atoms in total. The van der Waals surface area contributed by atoms with Crippen molar-refractivity contribution >= 4 is 35.8 Å². The molecule has 1 aromatic heterocycles. The number of aliphatic hydroxyl groups is 1. The van der Waals surface area contributed by atoms with Crippen LogP contribution in [0.3, 0.4) is 0 Å². The van der Waals surface area contributed by atoms with Crippen LogP contribution >= 0.6 is 24.8 Å². The van der Waals surface area contributed by atoms with Gasteiger partial charge in [-0.3, -0.25) is 0 Å². The van der Waals surface area contributed by atoms with Gasteiger partial charge in [0.05, 0.1) is 29.5 Å². The number of nitrogens with two attached hydrogens (primary N) is 1. The first-order valence-electron chi connectivity index (χ1n) is 4.92. The summed E-state index contributed by atoms with van der Waals surface area (Å²) in [6, 6.07) is 7.87. The lowest BCUT2D eigenvalue weighted by atomic mass is 10.1. The standard InChI is InChI=1S/C11H15N3O.2ClH/c1-11(12,7-15)6-14-8-13-9-4-2-3-5-10(9)14;;/h2-5,8,15H,6-7,12H2,1H3;2*1H. The fourth-order valence-electron chi connectivity index (χ4n) is 1.58. The molecular weight excluding hydrogens is 261 g/mol.